The number of benzene rings is 1. The summed E-state index contributed by atoms with van der Waals surface area (Å²) in [6.45, 7) is 4.86. The number of aryl methyl sites for hydroxylation is 1. The van der Waals surface area contributed by atoms with E-state index in [1.54, 1.807) is 29.6 Å². The van der Waals surface area contributed by atoms with Gasteiger partial charge in [0, 0.05) is 17.8 Å². The van der Waals surface area contributed by atoms with Gasteiger partial charge in [0.05, 0.1) is 41.9 Å². The zero-order valence-corrected chi connectivity index (χ0v) is 19.5. The average molecular weight is 479 g/mol. The summed E-state index contributed by atoms with van der Waals surface area (Å²) in [7, 11) is 0. The van der Waals surface area contributed by atoms with Gasteiger partial charge in [-0.2, -0.15) is 15.0 Å². The van der Waals surface area contributed by atoms with E-state index in [-0.39, 0.29) is 11.9 Å². The summed E-state index contributed by atoms with van der Waals surface area (Å²) in [5, 5.41) is 17.6. The first-order valence-corrected chi connectivity index (χ1v) is 11.4. The van der Waals surface area contributed by atoms with Crippen LogP contribution >= 0.6 is 11.6 Å². The summed E-state index contributed by atoms with van der Waals surface area (Å²) >= 11 is 6.40. The summed E-state index contributed by atoms with van der Waals surface area (Å²) in [5.41, 5.74) is 2.57. The number of hydrogen-bond donors (Lipinski definition) is 1. The number of nitrogens with one attached hydrogen (secondary N) is 1. The van der Waals surface area contributed by atoms with Crippen molar-refractivity contribution >= 4 is 17.5 Å². The van der Waals surface area contributed by atoms with E-state index in [4.69, 9.17) is 16.3 Å². The fraction of sp³-hybridized carbons (Fsp3) is 0.304. The maximum absolute atomic E-state index is 13.7. The monoisotopic (exact) mass is 478 g/mol. The summed E-state index contributed by atoms with van der Waals surface area (Å²) in [6, 6.07) is 6.95. The number of aromatic amines is 1. The Morgan fingerprint density at radius 2 is 2.06 bits per heavy atom. The Morgan fingerprint density at radius 1 is 1.24 bits per heavy atom. The summed E-state index contributed by atoms with van der Waals surface area (Å²) in [6.07, 6.45) is 6.42. The highest BCUT2D eigenvalue weighted by atomic mass is 35.5. The van der Waals surface area contributed by atoms with Crippen LogP contribution in [0.2, 0.25) is 5.02 Å². The molecule has 0 radical (unpaired) electrons. The lowest BCUT2D eigenvalue weighted by molar-refractivity contribution is 0.0729. The minimum atomic E-state index is -0.250. The fourth-order valence-electron chi connectivity index (χ4n) is 4.16. The third kappa shape index (κ3) is 4.01. The van der Waals surface area contributed by atoms with E-state index >= 15 is 0 Å². The highest BCUT2D eigenvalue weighted by molar-refractivity contribution is 6.31. The molecule has 1 N–H and O–H groups in total. The van der Waals surface area contributed by atoms with Gasteiger partial charge in [0.1, 0.15) is 0 Å². The number of nitrogens with zero attached hydrogens (tertiary/aromatic N) is 7. The van der Waals surface area contributed by atoms with Crippen LogP contribution in [0.5, 0.6) is 5.88 Å². The molecule has 4 aromatic rings. The second kappa shape index (κ2) is 9.22. The number of rotatable bonds is 6. The van der Waals surface area contributed by atoms with Crippen LogP contribution in [0.15, 0.2) is 42.9 Å². The lowest BCUT2D eigenvalue weighted by atomic mass is 10.1. The highest BCUT2D eigenvalue weighted by Crippen LogP contribution is 2.35. The summed E-state index contributed by atoms with van der Waals surface area (Å²) < 4.78 is 5.62. The van der Waals surface area contributed by atoms with Gasteiger partial charge in [0.2, 0.25) is 5.88 Å². The summed E-state index contributed by atoms with van der Waals surface area (Å²) in [5.74, 6) is 1.48. The molecule has 174 valence electrons. The van der Waals surface area contributed by atoms with Gasteiger partial charge in [-0.15, -0.1) is 10.2 Å². The van der Waals surface area contributed by atoms with Crippen LogP contribution in [0.25, 0.3) is 17.1 Å². The number of carbonyl (C=O) groups excluding carboxylic acids is 1. The molecule has 34 heavy (non-hydrogen) atoms. The molecule has 4 heterocycles. The second-order valence-corrected chi connectivity index (χ2v) is 8.35. The van der Waals surface area contributed by atoms with Crippen molar-refractivity contribution in [2.45, 2.75) is 32.7 Å². The van der Waals surface area contributed by atoms with E-state index in [1.165, 1.54) is 4.80 Å². The maximum atomic E-state index is 13.7. The molecule has 0 spiro atoms. The smallest absolute Gasteiger partial charge is 0.256 e. The largest absolute Gasteiger partial charge is 0.477 e. The Labute approximate surface area is 200 Å². The lowest BCUT2D eigenvalue weighted by Gasteiger charge is -2.24. The first-order valence-electron chi connectivity index (χ1n) is 11.1. The number of likely N-dealkylation sites (tertiary alicyclic amines) is 1. The van der Waals surface area contributed by atoms with Crippen molar-refractivity contribution in [3.63, 3.8) is 0 Å². The van der Waals surface area contributed by atoms with Gasteiger partial charge in [0.25, 0.3) is 5.91 Å². The molecule has 0 aliphatic carbocycles. The van der Waals surface area contributed by atoms with Gasteiger partial charge in [-0.05, 0) is 56.5 Å². The van der Waals surface area contributed by atoms with Crippen molar-refractivity contribution in [3.05, 3.63) is 64.8 Å². The Balaban J connectivity index is 1.48. The van der Waals surface area contributed by atoms with Crippen molar-refractivity contribution in [3.8, 4) is 23.0 Å². The van der Waals surface area contributed by atoms with Gasteiger partial charge >= 0.3 is 0 Å². The Hall–Kier alpha value is -3.79. The summed E-state index contributed by atoms with van der Waals surface area (Å²) in [4.78, 5) is 24.5. The quantitative estimate of drug-likeness (QED) is 0.448. The molecule has 10 nitrogen and oxygen atoms in total. The Bertz CT molecular complexity index is 1320. The minimum absolute atomic E-state index is 0.161. The van der Waals surface area contributed by atoms with Crippen LogP contribution < -0.4 is 4.74 Å². The molecular weight excluding hydrogens is 456 g/mol. The SMILES string of the molecule is CCOc1ncccc1-c1nnc([C@@H]2CCCN2C(=O)c2cc(Cl)c(C)cc2-n2nccn2)[nH]1. The number of pyridine rings is 1. The van der Waals surface area contributed by atoms with Crippen LogP contribution in [-0.2, 0) is 0 Å². The normalized spacial score (nSPS) is 15.6. The van der Waals surface area contributed by atoms with Gasteiger partial charge < -0.3 is 14.6 Å². The van der Waals surface area contributed by atoms with Crippen LogP contribution in [0.4, 0.5) is 0 Å². The minimum Gasteiger partial charge on any atom is -0.477 e. The van der Waals surface area contributed by atoms with Crippen LogP contribution in [0.1, 0.15) is 47.6 Å². The predicted molar refractivity (Wildman–Crippen MR) is 125 cm³/mol. The number of H-pyrrole nitrogens is 1. The molecule has 1 atom stereocenters. The molecule has 1 fully saturated rings. The van der Waals surface area contributed by atoms with Crippen molar-refractivity contribution in [2.24, 2.45) is 0 Å². The average Bonchev–Trinajstić information content (AvgIpc) is 3.61. The van der Waals surface area contributed by atoms with Crippen molar-refractivity contribution in [1.82, 2.24) is 40.1 Å². The molecule has 1 amide bonds. The Kier molecular flexibility index (Phi) is 5.97. The van der Waals surface area contributed by atoms with Crippen molar-refractivity contribution < 1.29 is 9.53 Å². The topological polar surface area (TPSA) is 115 Å². The van der Waals surface area contributed by atoms with Crippen LogP contribution in [0.3, 0.4) is 0 Å². The maximum Gasteiger partial charge on any atom is 0.256 e. The van der Waals surface area contributed by atoms with Gasteiger partial charge in [-0.3, -0.25) is 4.79 Å². The predicted octanol–water partition coefficient (Wildman–Crippen LogP) is 3.79. The molecule has 1 aliphatic heterocycles. The second-order valence-electron chi connectivity index (χ2n) is 7.94. The number of halogens is 1. The number of aromatic nitrogens is 7. The van der Waals surface area contributed by atoms with E-state index in [0.717, 1.165) is 24.0 Å². The first kappa shape index (κ1) is 22.0. The third-order valence-corrected chi connectivity index (χ3v) is 6.19. The fourth-order valence-corrected chi connectivity index (χ4v) is 4.32. The highest BCUT2D eigenvalue weighted by Gasteiger charge is 2.34. The standard InChI is InChI=1S/C23H23ClN8O2/c1-3-34-22-15(6-4-8-25-22)20-28-21(30-29-20)18-7-5-11-31(18)23(33)16-13-17(24)14(2)12-19(16)32-26-9-10-27-32/h4,6,8-10,12-13,18H,3,5,7,11H2,1-2H3,(H,28,29,30)/t18-/m0/s1. The van der Waals surface area contributed by atoms with Crippen LogP contribution in [-0.4, -0.2) is 59.1 Å². The van der Waals surface area contributed by atoms with Gasteiger partial charge in [0.15, 0.2) is 11.6 Å². The van der Waals surface area contributed by atoms with E-state index in [2.05, 4.69) is 30.4 Å². The molecule has 11 heteroatoms. The zero-order chi connectivity index (χ0) is 23.7. The molecule has 3 aromatic heterocycles. The molecule has 1 saturated heterocycles. The van der Waals surface area contributed by atoms with E-state index < -0.39 is 0 Å². The van der Waals surface area contributed by atoms with E-state index in [9.17, 15) is 4.79 Å². The van der Waals surface area contributed by atoms with Crippen LogP contribution in [0, 0.1) is 6.92 Å². The van der Waals surface area contributed by atoms with E-state index in [1.807, 2.05) is 32.0 Å². The number of ether oxygens (including phenoxy) is 1. The molecule has 5 rings (SSSR count). The molecular formula is C23H23ClN8O2. The van der Waals surface area contributed by atoms with Crippen molar-refractivity contribution in [1.29, 1.82) is 0 Å². The van der Waals surface area contributed by atoms with Gasteiger partial charge in [-0.25, -0.2) is 4.98 Å². The molecule has 1 aliphatic rings. The number of carbonyl (C=O) groups is 1. The van der Waals surface area contributed by atoms with Gasteiger partial charge in [-0.1, -0.05) is 11.6 Å². The molecule has 0 unspecified atom stereocenters. The van der Waals surface area contributed by atoms with E-state index in [0.29, 0.717) is 47.0 Å². The third-order valence-electron chi connectivity index (χ3n) is 5.78. The Morgan fingerprint density at radius 3 is 2.85 bits per heavy atom. The number of hydrogen-bond acceptors (Lipinski definition) is 7. The number of amides is 1. The zero-order valence-electron chi connectivity index (χ0n) is 18.8. The molecule has 0 bridgehead atoms. The van der Waals surface area contributed by atoms with Crippen molar-refractivity contribution in [2.75, 3.05) is 13.2 Å². The lowest BCUT2D eigenvalue weighted by Crippen LogP contribution is -2.32. The first-order chi connectivity index (χ1) is 16.6. The molecule has 1 aromatic carbocycles. The molecule has 0 saturated carbocycles.